The van der Waals surface area contributed by atoms with E-state index in [1.807, 2.05) is 0 Å². The number of anilines is 1. The molecule has 3 N–H and O–H groups in total. The SMILES string of the molecule is CN(C)C(=O)c1ccc(NC(CCN)C(C)(C)C)nn1. The summed E-state index contributed by atoms with van der Waals surface area (Å²) in [6, 6.07) is 3.66. The first-order chi connectivity index (χ1) is 9.25. The molecular formula is C14H25N5O. The van der Waals surface area contributed by atoms with Gasteiger partial charge in [0.2, 0.25) is 0 Å². The van der Waals surface area contributed by atoms with Crippen LogP contribution in [0.1, 0.15) is 37.7 Å². The molecule has 0 aliphatic carbocycles. The molecule has 1 rings (SSSR count). The summed E-state index contributed by atoms with van der Waals surface area (Å²) >= 11 is 0. The molecule has 1 atom stereocenters. The van der Waals surface area contributed by atoms with Crippen molar-refractivity contribution >= 4 is 11.7 Å². The molecule has 1 heterocycles. The lowest BCUT2D eigenvalue weighted by Crippen LogP contribution is -2.36. The number of aromatic nitrogens is 2. The zero-order chi connectivity index (χ0) is 15.3. The van der Waals surface area contributed by atoms with Crippen molar-refractivity contribution in [3.63, 3.8) is 0 Å². The van der Waals surface area contributed by atoms with Gasteiger partial charge in [0.1, 0.15) is 5.82 Å². The van der Waals surface area contributed by atoms with Crippen LogP contribution in [0.15, 0.2) is 12.1 Å². The van der Waals surface area contributed by atoms with E-state index in [9.17, 15) is 4.79 Å². The van der Waals surface area contributed by atoms with Crippen molar-refractivity contribution in [2.75, 3.05) is 26.0 Å². The molecule has 1 aromatic heterocycles. The van der Waals surface area contributed by atoms with Crippen molar-refractivity contribution in [1.29, 1.82) is 0 Å². The Balaban J connectivity index is 2.80. The Morgan fingerprint density at radius 1 is 1.35 bits per heavy atom. The fourth-order valence-electron chi connectivity index (χ4n) is 1.82. The number of nitrogens with one attached hydrogen (secondary N) is 1. The Kier molecular flexibility index (Phi) is 5.44. The van der Waals surface area contributed by atoms with Crippen molar-refractivity contribution in [3.8, 4) is 0 Å². The highest BCUT2D eigenvalue weighted by Crippen LogP contribution is 2.24. The summed E-state index contributed by atoms with van der Waals surface area (Å²) in [7, 11) is 3.38. The summed E-state index contributed by atoms with van der Waals surface area (Å²) in [6.45, 7) is 7.06. The van der Waals surface area contributed by atoms with E-state index in [1.165, 1.54) is 4.90 Å². The monoisotopic (exact) mass is 279 g/mol. The number of hydrogen-bond donors (Lipinski definition) is 2. The van der Waals surface area contributed by atoms with Crippen molar-refractivity contribution in [2.24, 2.45) is 11.1 Å². The maximum Gasteiger partial charge on any atom is 0.273 e. The first-order valence-electron chi connectivity index (χ1n) is 6.77. The van der Waals surface area contributed by atoms with Crippen LogP contribution in [0, 0.1) is 5.41 Å². The van der Waals surface area contributed by atoms with Gasteiger partial charge in [0.25, 0.3) is 5.91 Å². The van der Waals surface area contributed by atoms with Gasteiger partial charge in [0.05, 0.1) is 0 Å². The highest BCUT2D eigenvalue weighted by atomic mass is 16.2. The van der Waals surface area contributed by atoms with Crippen LogP contribution in [-0.2, 0) is 0 Å². The number of carbonyl (C=O) groups excluding carboxylic acids is 1. The number of nitrogens with zero attached hydrogens (tertiary/aromatic N) is 3. The van der Waals surface area contributed by atoms with E-state index in [0.717, 1.165) is 6.42 Å². The van der Waals surface area contributed by atoms with Crippen LogP contribution >= 0.6 is 0 Å². The molecule has 0 saturated heterocycles. The smallest absolute Gasteiger partial charge is 0.273 e. The van der Waals surface area contributed by atoms with E-state index in [-0.39, 0.29) is 17.4 Å². The van der Waals surface area contributed by atoms with E-state index in [4.69, 9.17) is 5.73 Å². The van der Waals surface area contributed by atoms with Gasteiger partial charge in [-0.1, -0.05) is 20.8 Å². The molecule has 20 heavy (non-hydrogen) atoms. The number of nitrogens with two attached hydrogens (primary N) is 1. The maximum absolute atomic E-state index is 11.7. The van der Waals surface area contributed by atoms with Crippen LogP contribution in [0.25, 0.3) is 0 Å². The lowest BCUT2D eigenvalue weighted by Gasteiger charge is -2.31. The van der Waals surface area contributed by atoms with Gasteiger partial charge in [-0.15, -0.1) is 10.2 Å². The summed E-state index contributed by atoms with van der Waals surface area (Å²) in [5.74, 6) is 0.507. The van der Waals surface area contributed by atoms with Crippen LogP contribution in [0.4, 0.5) is 5.82 Å². The van der Waals surface area contributed by atoms with E-state index >= 15 is 0 Å². The molecule has 0 fully saturated rings. The molecule has 6 nitrogen and oxygen atoms in total. The molecule has 0 aliphatic rings. The van der Waals surface area contributed by atoms with Gasteiger partial charge in [0.15, 0.2) is 5.69 Å². The second kappa shape index (κ2) is 6.65. The molecule has 0 aliphatic heterocycles. The summed E-state index contributed by atoms with van der Waals surface area (Å²) in [5.41, 5.74) is 6.06. The minimum Gasteiger partial charge on any atom is -0.365 e. The largest absolute Gasteiger partial charge is 0.365 e. The minimum absolute atomic E-state index is 0.0686. The van der Waals surface area contributed by atoms with Crippen LogP contribution < -0.4 is 11.1 Å². The molecule has 112 valence electrons. The predicted octanol–water partition coefficient (Wildman–Crippen LogP) is 1.35. The highest BCUT2D eigenvalue weighted by Gasteiger charge is 2.24. The third-order valence-corrected chi connectivity index (χ3v) is 3.11. The molecule has 0 bridgehead atoms. The van der Waals surface area contributed by atoms with Crippen molar-refractivity contribution < 1.29 is 4.79 Å². The average Bonchev–Trinajstić information content (AvgIpc) is 2.37. The third kappa shape index (κ3) is 4.45. The third-order valence-electron chi connectivity index (χ3n) is 3.11. The molecule has 0 aromatic carbocycles. The summed E-state index contributed by atoms with van der Waals surface area (Å²) in [5, 5.41) is 11.4. The fraction of sp³-hybridized carbons (Fsp3) is 0.643. The minimum atomic E-state index is -0.154. The van der Waals surface area contributed by atoms with E-state index in [0.29, 0.717) is 18.1 Å². The molecule has 0 spiro atoms. The fourth-order valence-corrected chi connectivity index (χ4v) is 1.82. The molecule has 0 radical (unpaired) electrons. The van der Waals surface area contributed by atoms with E-state index in [1.54, 1.807) is 26.2 Å². The quantitative estimate of drug-likeness (QED) is 0.850. The molecule has 1 amide bonds. The Hall–Kier alpha value is -1.69. The van der Waals surface area contributed by atoms with Crippen LogP contribution in [0.5, 0.6) is 0 Å². The second-order valence-corrected chi connectivity index (χ2v) is 6.14. The number of carbonyl (C=O) groups is 1. The summed E-state index contributed by atoms with van der Waals surface area (Å²) in [4.78, 5) is 13.2. The maximum atomic E-state index is 11.7. The van der Waals surface area contributed by atoms with Gasteiger partial charge in [-0.05, 0) is 30.5 Å². The summed E-state index contributed by atoms with van der Waals surface area (Å²) in [6.07, 6.45) is 0.851. The Labute approximate surface area is 120 Å². The van der Waals surface area contributed by atoms with Crippen LogP contribution in [0.3, 0.4) is 0 Å². The first kappa shape index (κ1) is 16.4. The average molecular weight is 279 g/mol. The van der Waals surface area contributed by atoms with Gasteiger partial charge in [-0.25, -0.2) is 0 Å². The Bertz CT molecular complexity index is 436. The van der Waals surface area contributed by atoms with Crippen LogP contribution in [0.2, 0.25) is 0 Å². The number of hydrogen-bond acceptors (Lipinski definition) is 5. The van der Waals surface area contributed by atoms with Crippen LogP contribution in [-0.4, -0.2) is 47.7 Å². The zero-order valence-electron chi connectivity index (χ0n) is 13.0. The zero-order valence-corrected chi connectivity index (χ0v) is 13.0. The van der Waals surface area contributed by atoms with E-state index < -0.39 is 0 Å². The van der Waals surface area contributed by atoms with Crippen molar-refractivity contribution in [1.82, 2.24) is 15.1 Å². The topological polar surface area (TPSA) is 84.1 Å². The van der Waals surface area contributed by atoms with Gasteiger partial charge < -0.3 is 16.0 Å². The van der Waals surface area contributed by atoms with Crippen molar-refractivity contribution in [2.45, 2.75) is 33.2 Å². The molecule has 1 aromatic rings. The number of rotatable bonds is 5. The lowest BCUT2D eigenvalue weighted by atomic mass is 9.85. The molecular weight excluding hydrogens is 254 g/mol. The Morgan fingerprint density at radius 3 is 2.40 bits per heavy atom. The van der Waals surface area contributed by atoms with Gasteiger partial charge in [-0.3, -0.25) is 4.79 Å². The standard InChI is InChI=1S/C14H25N5O/c1-14(2,3)11(8-9-15)16-12-7-6-10(17-18-12)13(20)19(4)5/h6-7,11H,8-9,15H2,1-5H3,(H,16,18). The normalized spacial score (nSPS) is 12.9. The van der Waals surface area contributed by atoms with Gasteiger partial charge >= 0.3 is 0 Å². The molecule has 1 unspecified atom stereocenters. The van der Waals surface area contributed by atoms with Gasteiger partial charge in [0, 0.05) is 20.1 Å². The highest BCUT2D eigenvalue weighted by molar-refractivity contribution is 5.91. The predicted molar refractivity (Wildman–Crippen MR) is 80.6 cm³/mol. The summed E-state index contributed by atoms with van der Waals surface area (Å²) < 4.78 is 0. The van der Waals surface area contributed by atoms with Crippen molar-refractivity contribution in [3.05, 3.63) is 17.8 Å². The second-order valence-electron chi connectivity index (χ2n) is 6.14. The molecule has 0 saturated carbocycles. The Morgan fingerprint density at radius 2 is 2.00 bits per heavy atom. The van der Waals surface area contributed by atoms with E-state index in [2.05, 4.69) is 36.3 Å². The lowest BCUT2D eigenvalue weighted by molar-refractivity contribution is 0.0821. The molecule has 6 heteroatoms. The first-order valence-corrected chi connectivity index (χ1v) is 6.77. The number of amides is 1. The van der Waals surface area contributed by atoms with Gasteiger partial charge in [-0.2, -0.15) is 0 Å².